The fourth-order valence-corrected chi connectivity index (χ4v) is 10.5. The number of rotatable bonds is 7. The van der Waals surface area contributed by atoms with Gasteiger partial charge in [-0.05, 0) is 123 Å². The number of hydrogen-bond acceptors (Lipinski definition) is 3. The predicted octanol–water partition coefficient (Wildman–Crippen LogP) is 16.7. The Morgan fingerprint density at radius 1 is 0.371 bits per heavy atom. The second kappa shape index (κ2) is 15.0. The van der Waals surface area contributed by atoms with Crippen molar-refractivity contribution in [3.8, 4) is 27.9 Å². The Hall–Kier alpha value is -7.79. The van der Waals surface area contributed by atoms with E-state index in [1.807, 2.05) is 11.8 Å². The summed E-state index contributed by atoms with van der Waals surface area (Å²) in [4.78, 5) is 7.31. The van der Waals surface area contributed by atoms with Gasteiger partial charge in [0.2, 0.25) is 0 Å². The summed E-state index contributed by atoms with van der Waals surface area (Å²) in [5, 5.41) is 6.21. The van der Waals surface area contributed by atoms with E-state index in [1.54, 1.807) is 0 Å². The third-order valence-electron chi connectivity index (χ3n) is 12.2. The second-order valence-electron chi connectivity index (χ2n) is 15.7. The molecule has 0 amide bonds. The number of para-hydroxylation sites is 3. The average molecular weight is 810 g/mol. The largest absolute Gasteiger partial charge is 0.310 e. The van der Waals surface area contributed by atoms with E-state index >= 15 is 0 Å². The van der Waals surface area contributed by atoms with E-state index in [1.165, 1.54) is 64.7 Å². The molecule has 2 heterocycles. The molecular weight excluding hydrogens is 771 g/mol. The van der Waals surface area contributed by atoms with Crippen molar-refractivity contribution in [3.63, 3.8) is 0 Å². The van der Waals surface area contributed by atoms with Crippen molar-refractivity contribution in [1.29, 1.82) is 0 Å². The number of fused-ring (bicyclic) bond motifs is 6. The fraction of sp³-hybridized carbons (Fsp3) is 0. The molecule has 4 heteroatoms. The molecule has 1 aliphatic rings. The van der Waals surface area contributed by atoms with Gasteiger partial charge in [-0.15, -0.1) is 0 Å². The molecule has 0 N–H and O–H groups in total. The van der Waals surface area contributed by atoms with Crippen LogP contribution in [0.3, 0.4) is 0 Å². The third kappa shape index (κ3) is 6.07. The minimum absolute atomic E-state index is 1.08. The molecule has 0 saturated carbocycles. The van der Waals surface area contributed by atoms with E-state index in [4.69, 9.17) is 0 Å². The molecular formula is C58H39N3S. The molecule has 10 aromatic carbocycles. The highest BCUT2D eigenvalue weighted by molar-refractivity contribution is 8.00. The van der Waals surface area contributed by atoms with Crippen LogP contribution in [0.25, 0.3) is 60.4 Å². The predicted molar refractivity (Wildman–Crippen MR) is 263 cm³/mol. The molecule has 1 aromatic heterocycles. The zero-order valence-electron chi connectivity index (χ0n) is 33.8. The smallest absolute Gasteiger partial charge is 0.137 e. The average Bonchev–Trinajstić information content (AvgIpc) is 3.67. The highest BCUT2D eigenvalue weighted by Crippen LogP contribution is 2.56. The van der Waals surface area contributed by atoms with E-state index in [0.717, 1.165) is 39.8 Å². The van der Waals surface area contributed by atoms with Gasteiger partial charge < -0.3 is 4.90 Å². The van der Waals surface area contributed by atoms with Crippen LogP contribution in [0.4, 0.5) is 34.3 Å². The molecule has 0 radical (unpaired) electrons. The lowest BCUT2D eigenvalue weighted by atomic mass is 9.97. The molecule has 0 saturated heterocycles. The Morgan fingerprint density at radius 3 is 1.48 bits per heavy atom. The van der Waals surface area contributed by atoms with Crippen LogP contribution in [0.15, 0.2) is 246 Å². The van der Waals surface area contributed by atoms with Crippen LogP contribution >= 0.6 is 11.8 Å². The SMILES string of the molecule is c1ccc(N2c3ccccc3Sc3c2n(-c2ccccc2)c2cc(N(c4ccc(-c5cccc6ccccc56)cc4)c4ccc(-c5cccc6ccccc56)cc4)ccc32)cc1. The molecule has 0 spiro atoms. The zero-order valence-corrected chi connectivity index (χ0v) is 34.6. The van der Waals surface area contributed by atoms with Gasteiger partial charge in [0, 0.05) is 38.7 Å². The van der Waals surface area contributed by atoms with Gasteiger partial charge in [-0.25, -0.2) is 0 Å². The molecule has 1 aliphatic heterocycles. The molecule has 0 fully saturated rings. The van der Waals surface area contributed by atoms with Gasteiger partial charge in [0.25, 0.3) is 0 Å². The van der Waals surface area contributed by atoms with Crippen molar-refractivity contribution in [2.24, 2.45) is 0 Å². The van der Waals surface area contributed by atoms with Crippen molar-refractivity contribution in [1.82, 2.24) is 4.57 Å². The van der Waals surface area contributed by atoms with Crippen molar-refractivity contribution in [2.45, 2.75) is 9.79 Å². The second-order valence-corrected chi connectivity index (χ2v) is 16.8. The number of benzene rings is 10. The normalized spacial score (nSPS) is 12.1. The summed E-state index contributed by atoms with van der Waals surface area (Å²) in [5.74, 6) is 1.14. The molecule has 11 aromatic rings. The van der Waals surface area contributed by atoms with Crippen LogP contribution in [-0.4, -0.2) is 4.57 Å². The first-order valence-corrected chi connectivity index (χ1v) is 21.9. The van der Waals surface area contributed by atoms with Crippen molar-refractivity contribution >= 4 is 78.5 Å². The van der Waals surface area contributed by atoms with Gasteiger partial charge in [-0.2, -0.15) is 0 Å². The molecule has 0 unspecified atom stereocenters. The number of anilines is 6. The summed E-state index contributed by atoms with van der Waals surface area (Å²) in [7, 11) is 0. The first-order valence-electron chi connectivity index (χ1n) is 21.1. The topological polar surface area (TPSA) is 11.4 Å². The number of aromatic nitrogens is 1. The highest BCUT2D eigenvalue weighted by Gasteiger charge is 2.32. The number of nitrogens with zero attached hydrogens (tertiary/aromatic N) is 3. The summed E-state index contributed by atoms with van der Waals surface area (Å²) in [6.45, 7) is 0. The third-order valence-corrected chi connectivity index (χ3v) is 13.3. The quantitative estimate of drug-likeness (QED) is 0.159. The highest BCUT2D eigenvalue weighted by atomic mass is 32.2. The fourth-order valence-electron chi connectivity index (χ4n) is 9.29. The maximum absolute atomic E-state index is 2.45. The van der Waals surface area contributed by atoms with Crippen LogP contribution in [0.1, 0.15) is 0 Å². The minimum Gasteiger partial charge on any atom is -0.310 e. The molecule has 0 aliphatic carbocycles. The maximum atomic E-state index is 2.45. The van der Waals surface area contributed by atoms with Crippen molar-refractivity contribution < 1.29 is 0 Å². The molecule has 292 valence electrons. The number of hydrogen-bond donors (Lipinski definition) is 0. The van der Waals surface area contributed by atoms with Gasteiger partial charge in [0.15, 0.2) is 0 Å². The van der Waals surface area contributed by atoms with Crippen LogP contribution < -0.4 is 9.80 Å². The van der Waals surface area contributed by atoms with Crippen molar-refractivity contribution in [2.75, 3.05) is 9.80 Å². The van der Waals surface area contributed by atoms with E-state index in [9.17, 15) is 0 Å². The van der Waals surface area contributed by atoms with Gasteiger partial charge in [0.05, 0.1) is 16.1 Å². The minimum atomic E-state index is 1.08. The molecule has 0 atom stereocenters. The Bertz CT molecular complexity index is 3300. The van der Waals surface area contributed by atoms with E-state index < -0.39 is 0 Å². The van der Waals surface area contributed by atoms with E-state index in [0.29, 0.717) is 0 Å². The summed E-state index contributed by atoms with van der Waals surface area (Å²) in [6, 6.07) is 85.9. The lowest BCUT2D eigenvalue weighted by Crippen LogP contribution is -2.17. The Morgan fingerprint density at radius 2 is 0.871 bits per heavy atom. The van der Waals surface area contributed by atoms with Gasteiger partial charge in [-0.3, -0.25) is 9.47 Å². The Balaban J connectivity index is 1.06. The van der Waals surface area contributed by atoms with Crippen LogP contribution in [0.5, 0.6) is 0 Å². The summed E-state index contributed by atoms with van der Waals surface area (Å²) in [5.41, 5.74) is 12.6. The molecule has 3 nitrogen and oxygen atoms in total. The Kier molecular flexibility index (Phi) is 8.75. The first kappa shape index (κ1) is 36.1. The van der Waals surface area contributed by atoms with Crippen LogP contribution in [0.2, 0.25) is 0 Å². The summed E-state index contributed by atoms with van der Waals surface area (Å²) >= 11 is 1.86. The van der Waals surface area contributed by atoms with Gasteiger partial charge in [0.1, 0.15) is 5.82 Å². The van der Waals surface area contributed by atoms with E-state index in [2.05, 4.69) is 251 Å². The molecule has 0 bridgehead atoms. The van der Waals surface area contributed by atoms with Crippen LogP contribution in [0, 0.1) is 0 Å². The molecule has 62 heavy (non-hydrogen) atoms. The maximum Gasteiger partial charge on any atom is 0.137 e. The Labute approximate surface area is 365 Å². The van der Waals surface area contributed by atoms with Gasteiger partial charge in [-0.1, -0.05) is 169 Å². The first-order chi connectivity index (χ1) is 30.8. The summed E-state index contributed by atoms with van der Waals surface area (Å²) in [6.07, 6.45) is 0. The summed E-state index contributed by atoms with van der Waals surface area (Å²) < 4.78 is 2.45. The standard InChI is InChI=1S/C58H39N3S/c1-3-19-44(20-4-1)60-54-27-11-12-28-56(54)62-57-53-38-37-48(39-55(53)61(58(57)60)45-21-5-2-6-22-45)59(46-33-29-42(30-34-46)51-25-13-17-40-15-7-9-23-49(40)51)47-35-31-43(32-36-47)52-26-14-18-41-16-8-10-24-50(41)52/h1-39H. The zero-order chi connectivity index (χ0) is 41.0. The monoisotopic (exact) mass is 809 g/mol. The molecule has 12 rings (SSSR count). The van der Waals surface area contributed by atoms with E-state index in [-0.39, 0.29) is 0 Å². The van der Waals surface area contributed by atoms with Crippen LogP contribution in [-0.2, 0) is 0 Å². The lowest BCUT2D eigenvalue weighted by molar-refractivity contribution is 1.03. The lowest BCUT2D eigenvalue weighted by Gasteiger charge is -2.32. The van der Waals surface area contributed by atoms with Crippen molar-refractivity contribution in [3.05, 3.63) is 237 Å². The van der Waals surface area contributed by atoms with Gasteiger partial charge >= 0.3 is 0 Å².